The van der Waals surface area contributed by atoms with Crippen LogP contribution in [0.5, 0.6) is 0 Å². The summed E-state index contributed by atoms with van der Waals surface area (Å²) >= 11 is 12.1. The molecular weight excluding hydrogens is 519 g/mol. The van der Waals surface area contributed by atoms with Crippen LogP contribution in [-0.4, -0.2) is 21.8 Å². The average Bonchev–Trinajstić information content (AvgIpc) is 3.62. The summed E-state index contributed by atoms with van der Waals surface area (Å²) in [6, 6.07) is 27.9. The molecule has 2 atom stereocenters. The number of carbonyl (C=O) groups excluding carboxylic acids is 2. The van der Waals surface area contributed by atoms with E-state index in [1.165, 1.54) is 11.6 Å². The molecule has 0 radical (unpaired) electrons. The first kappa shape index (κ1) is 24.2. The maximum Gasteiger partial charge on any atom is 0.257 e. The zero-order valence-electron chi connectivity index (χ0n) is 20.0. The number of hydrogen-bond acceptors (Lipinski definition) is 3. The highest BCUT2D eigenvalue weighted by Crippen LogP contribution is 2.47. The van der Waals surface area contributed by atoms with Crippen LogP contribution in [0, 0.1) is 5.92 Å². The van der Waals surface area contributed by atoms with Gasteiger partial charge in [-0.25, -0.2) is 4.98 Å². The van der Waals surface area contributed by atoms with Crippen LogP contribution in [0.15, 0.2) is 91.0 Å². The fourth-order valence-electron chi connectivity index (χ4n) is 4.60. The van der Waals surface area contributed by atoms with Crippen molar-refractivity contribution in [2.45, 2.75) is 12.3 Å². The molecule has 8 heteroatoms. The van der Waals surface area contributed by atoms with Gasteiger partial charge in [-0.1, -0.05) is 53.5 Å². The lowest BCUT2D eigenvalue weighted by Gasteiger charge is -2.07. The second-order valence-corrected chi connectivity index (χ2v) is 10.2. The minimum atomic E-state index is -0.320. The Morgan fingerprint density at radius 3 is 2.37 bits per heavy atom. The Balaban J connectivity index is 1.13. The third kappa shape index (κ3) is 5.01. The van der Waals surface area contributed by atoms with Crippen molar-refractivity contribution in [2.75, 3.05) is 10.6 Å². The van der Waals surface area contributed by atoms with Gasteiger partial charge >= 0.3 is 0 Å². The van der Waals surface area contributed by atoms with E-state index in [1.54, 1.807) is 24.3 Å². The van der Waals surface area contributed by atoms with Gasteiger partial charge in [-0.05, 0) is 78.6 Å². The SMILES string of the molecule is O=C(Nc1ccc(-c2nc3ccc(NC(=O)C4CC4c4ccccc4)cc3[nH]2)cc1)c1ccc(Cl)cc1Cl. The van der Waals surface area contributed by atoms with Crippen molar-refractivity contribution >= 4 is 57.4 Å². The smallest absolute Gasteiger partial charge is 0.257 e. The summed E-state index contributed by atoms with van der Waals surface area (Å²) in [5.74, 6) is 0.692. The van der Waals surface area contributed by atoms with Crippen LogP contribution in [0.2, 0.25) is 10.0 Å². The number of fused-ring (bicyclic) bond motifs is 1. The highest BCUT2D eigenvalue weighted by molar-refractivity contribution is 6.37. The van der Waals surface area contributed by atoms with Gasteiger partial charge in [0.2, 0.25) is 5.91 Å². The summed E-state index contributed by atoms with van der Waals surface area (Å²) in [6.45, 7) is 0. The normalized spacial score (nSPS) is 16.3. The number of anilines is 2. The number of nitrogens with one attached hydrogen (secondary N) is 3. The summed E-state index contributed by atoms with van der Waals surface area (Å²) in [7, 11) is 0. The number of nitrogens with zero attached hydrogens (tertiary/aromatic N) is 1. The van der Waals surface area contributed by atoms with E-state index in [0.29, 0.717) is 22.1 Å². The quantitative estimate of drug-likeness (QED) is 0.208. The van der Waals surface area contributed by atoms with Crippen molar-refractivity contribution in [1.82, 2.24) is 9.97 Å². The van der Waals surface area contributed by atoms with E-state index in [-0.39, 0.29) is 28.7 Å². The molecule has 2 unspecified atom stereocenters. The molecule has 38 heavy (non-hydrogen) atoms. The van der Waals surface area contributed by atoms with E-state index in [1.807, 2.05) is 48.5 Å². The standard InChI is InChI=1S/C30H22Cl2N4O2/c31-19-8-12-22(25(32)14-19)29(37)33-20-9-6-18(7-10-20)28-35-26-13-11-21(15-27(26)36-28)34-30(38)24-16-23(24)17-4-2-1-3-5-17/h1-15,23-24H,16H2,(H,33,37)(H,34,38)(H,35,36). The van der Waals surface area contributed by atoms with Crippen LogP contribution >= 0.6 is 23.2 Å². The molecule has 2 amide bonds. The van der Waals surface area contributed by atoms with Gasteiger partial charge in [0.25, 0.3) is 5.91 Å². The third-order valence-electron chi connectivity index (χ3n) is 6.70. The van der Waals surface area contributed by atoms with Crippen molar-refractivity contribution in [3.8, 4) is 11.4 Å². The van der Waals surface area contributed by atoms with Crippen LogP contribution in [-0.2, 0) is 4.79 Å². The molecule has 0 bridgehead atoms. The number of halogens is 2. The zero-order valence-corrected chi connectivity index (χ0v) is 21.6. The molecule has 1 aliphatic rings. The van der Waals surface area contributed by atoms with E-state index >= 15 is 0 Å². The van der Waals surface area contributed by atoms with E-state index in [9.17, 15) is 9.59 Å². The molecule has 188 valence electrons. The average molecular weight is 541 g/mol. The predicted octanol–water partition coefficient (Wildman–Crippen LogP) is 7.53. The molecule has 1 fully saturated rings. The molecule has 4 aromatic carbocycles. The summed E-state index contributed by atoms with van der Waals surface area (Å²) in [5.41, 5.74) is 5.38. The van der Waals surface area contributed by atoms with Crippen molar-refractivity contribution in [3.63, 3.8) is 0 Å². The first-order valence-electron chi connectivity index (χ1n) is 12.2. The molecule has 0 aliphatic heterocycles. The maximum absolute atomic E-state index is 12.8. The zero-order chi connectivity index (χ0) is 26.2. The molecule has 1 aromatic heterocycles. The first-order chi connectivity index (χ1) is 18.4. The monoisotopic (exact) mass is 540 g/mol. The Labute approximate surface area is 229 Å². The molecule has 6 nitrogen and oxygen atoms in total. The van der Waals surface area contributed by atoms with Crippen molar-refractivity contribution in [1.29, 1.82) is 0 Å². The molecule has 0 spiro atoms. The minimum Gasteiger partial charge on any atom is -0.338 e. The van der Waals surface area contributed by atoms with Gasteiger partial charge in [-0.2, -0.15) is 0 Å². The molecule has 1 saturated carbocycles. The Kier molecular flexibility index (Phi) is 6.35. The molecule has 0 saturated heterocycles. The second-order valence-electron chi connectivity index (χ2n) is 9.32. The molecule has 3 N–H and O–H groups in total. The van der Waals surface area contributed by atoms with Crippen LogP contribution in [0.4, 0.5) is 11.4 Å². The van der Waals surface area contributed by atoms with Gasteiger partial charge in [0, 0.05) is 27.9 Å². The highest BCUT2D eigenvalue weighted by atomic mass is 35.5. The van der Waals surface area contributed by atoms with E-state index in [0.717, 1.165) is 28.7 Å². The van der Waals surface area contributed by atoms with Crippen LogP contribution in [0.3, 0.4) is 0 Å². The van der Waals surface area contributed by atoms with Gasteiger partial charge < -0.3 is 15.6 Å². The Bertz CT molecular complexity index is 1670. The summed E-state index contributed by atoms with van der Waals surface area (Å²) in [4.78, 5) is 33.3. The van der Waals surface area contributed by atoms with E-state index in [4.69, 9.17) is 23.2 Å². The number of imidazole rings is 1. The number of benzene rings is 4. The van der Waals surface area contributed by atoms with Gasteiger partial charge in [0.1, 0.15) is 5.82 Å². The third-order valence-corrected chi connectivity index (χ3v) is 7.24. The maximum atomic E-state index is 12.8. The van der Waals surface area contributed by atoms with Crippen LogP contribution < -0.4 is 10.6 Å². The Morgan fingerprint density at radius 1 is 0.842 bits per heavy atom. The summed E-state index contributed by atoms with van der Waals surface area (Å²) in [5, 5.41) is 6.64. The lowest BCUT2D eigenvalue weighted by Crippen LogP contribution is -2.14. The molecule has 1 heterocycles. The molecule has 6 rings (SSSR count). The predicted molar refractivity (Wildman–Crippen MR) is 152 cm³/mol. The van der Waals surface area contributed by atoms with Crippen molar-refractivity contribution < 1.29 is 9.59 Å². The summed E-state index contributed by atoms with van der Waals surface area (Å²) in [6.07, 6.45) is 0.871. The largest absolute Gasteiger partial charge is 0.338 e. The minimum absolute atomic E-state index is 0.000137. The second kappa shape index (κ2) is 9.97. The molecular formula is C30H22Cl2N4O2. The summed E-state index contributed by atoms with van der Waals surface area (Å²) < 4.78 is 0. The van der Waals surface area contributed by atoms with Gasteiger partial charge in [0.05, 0.1) is 21.6 Å². The Hall–Kier alpha value is -4.13. The van der Waals surface area contributed by atoms with Gasteiger partial charge in [-0.15, -0.1) is 0 Å². The van der Waals surface area contributed by atoms with E-state index in [2.05, 4.69) is 32.7 Å². The number of carbonyl (C=O) groups is 2. The topological polar surface area (TPSA) is 86.9 Å². The molecule has 5 aromatic rings. The van der Waals surface area contributed by atoms with Gasteiger partial charge in [0.15, 0.2) is 0 Å². The number of aromatic nitrogens is 2. The fourth-order valence-corrected chi connectivity index (χ4v) is 5.09. The highest BCUT2D eigenvalue weighted by Gasteiger charge is 2.43. The molecule has 1 aliphatic carbocycles. The van der Waals surface area contributed by atoms with Crippen LogP contribution in [0.1, 0.15) is 28.3 Å². The van der Waals surface area contributed by atoms with Crippen LogP contribution in [0.25, 0.3) is 22.4 Å². The number of hydrogen-bond donors (Lipinski definition) is 3. The van der Waals surface area contributed by atoms with Gasteiger partial charge in [-0.3, -0.25) is 9.59 Å². The number of amides is 2. The lowest BCUT2D eigenvalue weighted by atomic mass is 10.1. The Morgan fingerprint density at radius 2 is 1.61 bits per heavy atom. The first-order valence-corrected chi connectivity index (χ1v) is 12.9. The number of H-pyrrole nitrogens is 1. The van der Waals surface area contributed by atoms with Crippen molar-refractivity contribution in [2.24, 2.45) is 5.92 Å². The number of rotatable bonds is 6. The van der Waals surface area contributed by atoms with E-state index < -0.39 is 0 Å². The van der Waals surface area contributed by atoms with Crippen molar-refractivity contribution in [3.05, 3.63) is 112 Å². The number of aromatic amines is 1. The lowest BCUT2D eigenvalue weighted by molar-refractivity contribution is -0.117. The fraction of sp³-hybridized carbons (Fsp3) is 0.100.